The summed E-state index contributed by atoms with van der Waals surface area (Å²) in [7, 11) is -2.12. The highest BCUT2D eigenvalue weighted by atomic mass is 32.2. The van der Waals surface area contributed by atoms with Crippen LogP contribution in [0.15, 0.2) is 0 Å². The second-order valence-electron chi connectivity index (χ2n) is 2.82. The van der Waals surface area contributed by atoms with Gasteiger partial charge in [0.05, 0.1) is 0 Å². The van der Waals surface area contributed by atoms with Gasteiger partial charge >= 0.3 is 0 Å². The Morgan fingerprint density at radius 2 is 1.45 bits per heavy atom. The van der Waals surface area contributed by atoms with Crippen molar-refractivity contribution in [2.24, 2.45) is 0 Å². The SMILES string of the molecule is CCCCCCCC[SH](=O)=O. The van der Waals surface area contributed by atoms with E-state index in [0.29, 0.717) is 5.75 Å². The maximum Gasteiger partial charge on any atom is 0.140 e. The summed E-state index contributed by atoms with van der Waals surface area (Å²) in [6.07, 6.45) is 6.90. The predicted molar refractivity (Wildman–Crippen MR) is 48.6 cm³/mol. The third-order valence-electron chi connectivity index (χ3n) is 1.69. The second-order valence-corrected chi connectivity index (χ2v) is 3.94. The van der Waals surface area contributed by atoms with Crippen LogP contribution >= 0.6 is 0 Å². The lowest BCUT2D eigenvalue weighted by molar-refractivity contribution is 0.598. The fraction of sp³-hybridized carbons (Fsp3) is 1.00. The zero-order valence-corrected chi connectivity index (χ0v) is 8.11. The first-order valence-corrected chi connectivity index (χ1v) is 5.75. The summed E-state index contributed by atoms with van der Waals surface area (Å²) >= 11 is 0. The molecule has 0 amide bonds. The van der Waals surface area contributed by atoms with Crippen molar-refractivity contribution in [1.82, 2.24) is 0 Å². The van der Waals surface area contributed by atoms with Crippen molar-refractivity contribution in [2.45, 2.75) is 45.4 Å². The van der Waals surface area contributed by atoms with Gasteiger partial charge in [-0.15, -0.1) is 0 Å². The Balaban J connectivity index is 2.90. The molecule has 0 aliphatic rings. The molecule has 11 heavy (non-hydrogen) atoms. The summed E-state index contributed by atoms with van der Waals surface area (Å²) in [5.41, 5.74) is 0. The molecule has 0 spiro atoms. The van der Waals surface area contributed by atoms with Crippen LogP contribution in [0.5, 0.6) is 0 Å². The molecule has 3 heteroatoms. The Hall–Kier alpha value is -0.0500. The van der Waals surface area contributed by atoms with Gasteiger partial charge in [0.15, 0.2) is 0 Å². The van der Waals surface area contributed by atoms with Gasteiger partial charge in [-0.25, -0.2) is 8.42 Å². The van der Waals surface area contributed by atoms with Crippen molar-refractivity contribution in [2.75, 3.05) is 5.75 Å². The molecule has 0 aliphatic heterocycles. The lowest BCUT2D eigenvalue weighted by Gasteiger charge is -1.96. The van der Waals surface area contributed by atoms with Crippen molar-refractivity contribution < 1.29 is 8.42 Å². The molecular weight excluding hydrogens is 160 g/mol. The monoisotopic (exact) mass is 178 g/mol. The van der Waals surface area contributed by atoms with Gasteiger partial charge in [-0.05, 0) is 6.42 Å². The fourth-order valence-corrected chi connectivity index (χ4v) is 1.50. The van der Waals surface area contributed by atoms with Crippen molar-refractivity contribution in [1.29, 1.82) is 0 Å². The molecule has 68 valence electrons. The van der Waals surface area contributed by atoms with Crippen molar-refractivity contribution in [3.8, 4) is 0 Å². The van der Waals surface area contributed by atoms with Gasteiger partial charge in [-0.1, -0.05) is 39.0 Å². The van der Waals surface area contributed by atoms with Gasteiger partial charge in [0, 0.05) is 5.75 Å². The molecule has 0 atom stereocenters. The minimum Gasteiger partial charge on any atom is -0.232 e. The van der Waals surface area contributed by atoms with E-state index < -0.39 is 10.7 Å². The largest absolute Gasteiger partial charge is 0.232 e. The highest BCUT2D eigenvalue weighted by molar-refractivity contribution is 7.72. The molecule has 0 fully saturated rings. The molecule has 0 heterocycles. The van der Waals surface area contributed by atoms with Crippen LogP contribution in [-0.2, 0) is 10.7 Å². The van der Waals surface area contributed by atoms with Gasteiger partial charge in [0.2, 0.25) is 0 Å². The van der Waals surface area contributed by atoms with Crippen LogP contribution in [0.1, 0.15) is 45.4 Å². The van der Waals surface area contributed by atoms with Crippen LogP contribution in [0.25, 0.3) is 0 Å². The number of hydrogen-bond acceptors (Lipinski definition) is 2. The van der Waals surface area contributed by atoms with Crippen LogP contribution in [0, 0.1) is 0 Å². The van der Waals surface area contributed by atoms with E-state index in [-0.39, 0.29) is 0 Å². The highest BCUT2D eigenvalue weighted by Crippen LogP contribution is 2.04. The molecular formula is C8H18O2S. The normalized spacial score (nSPS) is 10.7. The van der Waals surface area contributed by atoms with E-state index in [1.54, 1.807) is 0 Å². The lowest BCUT2D eigenvalue weighted by Crippen LogP contribution is -1.87. The van der Waals surface area contributed by atoms with Crippen LogP contribution in [0.4, 0.5) is 0 Å². The minimum atomic E-state index is -2.12. The molecule has 0 aromatic heterocycles. The number of thiol groups is 1. The third-order valence-corrected chi connectivity index (χ3v) is 2.38. The number of rotatable bonds is 7. The zero-order valence-electron chi connectivity index (χ0n) is 7.21. The second kappa shape index (κ2) is 8.05. The van der Waals surface area contributed by atoms with E-state index in [9.17, 15) is 8.42 Å². The smallest absolute Gasteiger partial charge is 0.140 e. The van der Waals surface area contributed by atoms with E-state index in [1.807, 2.05) is 0 Å². The van der Waals surface area contributed by atoms with Crippen molar-refractivity contribution in [3.63, 3.8) is 0 Å². The van der Waals surface area contributed by atoms with Gasteiger partial charge in [0.25, 0.3) is 0 Å². The maximum atomic E-state index is 10.1. The van der Waals surface area contributed by atoms with E-state index in [2.05, 4.69) is 6.92 Å². The number of hydrogen-bond donors (Lipinski definition) is 1. The summed E-state index contributed by atoms with van der Waals surface area (Å²) in [5, 5.41) is 0. The molecule has 0 saturated carbocycles. The topological polar surface area (TPSA) is 34.1 Å². The van der Waals surface area contributed by atoms with Gasteiger partial charge in [-0.3, -0.25) is 0 Å². The number of unbranched alkanes of at least 4 members (excludes halogenated alkanes) is 5. The fourth-order valence-electron chi connectivity index (χ4n) is 1.02. The highest BCUT2D eigenvalue weighted by Gasteiger charge is 1.90. The molecule has 0 bridgehead atoms. The van der Waals surface area contributed by atoms with Crippen LogP contribution < -0.4 is 0 Å². The molecule has 0 saturated heterocycles. The Labute approximate surface area is 71.0 Å². The van der Waals surface area contributed by atoms with Crippen LogP contribution in [0.3, 0.4) is 0 Å². The van der Waals surface area contributed by atoms with Crippen LogP contribution in [0.2, 0.25) is 0 Å². The molecule has 0 rings (SSSR count). The first kappa shape index (κ1) is 11.0. The Bertz CT molecular complexity index is 133. The van der Waals surface area contributed by atoms with E-state index in [1.165, 1.54) is 25.7 Å². The van der Waals surface area contributed by atoms with Gasteiger partial charge in [-0.2, -0.15) is 0 Å². The maximum absolute atomic E-state index is 10.1. The summed E-state index contributed by atoms with van der Waals surface area (Å²) in [6, 6.07) is 0. The third kappa shape index (κ3) is 9.95. The molecule has 2 nitrogen and oxygen atoms in total. The first-order chi connectivity index (χ1) is 5.27. The molecule has 0 aromatic rings. The lowest BCUT2D eigenvalue weighted by atomic mass is 10.1. The Kier molecular flexibility index (Phi) is 8.01. The summed E-state index contributed by atoms with van der Waals surface area (Å²) < 4.78 is 20.3. The van der Waals surface area contributed by atoms with E-state index in [4.69, 9.17) is 0 Å². The Morgan fingerprint density at radius 3 is 2.00 bits per heavy atom. The van der Waals surface area contributed by atoms with Gasteiger partial charge < -0.3 is 0 Å². The van der Waals surface area contributed by atoms with Gasteiger partial charge in [0.1, 0.15) is 10.7 Å². The molecule has 0 aromatic carbocycles. The van der Waals surface area contributed by atoms with Crippen molar-refractivity contribution >= 4 is 10.7 Å². The zero-order chi connectivity index (χ0) is 8.53. The molecule has 0 aliphatic carbocycles. The van der Waals surface area contributed by atoms with Crippen molar-refractivity contribution in [3.05, 3.63) is 0 Å². The molecule has 0 radical (unpaired) electrons. The summed E-state index contributed by atoms with van der Waals surface area (Å²) in [4.78, 5) is 0. The van der Waals surface area contributed by atoms with E-state index >= 15 is 0 Å². The standard InChI is InChI=1S/C8H18O2S/c1-2-3-4-5-6-7-8-11(9)10/h11H,2-8H2,1H3. The minimum absolute atomic E-state index is 0.376. The summed E-state index contributed by atoms with van der Waals surface area (Å²) in [6.45, 7) is 2.18. The quantitative estimate of drug-likeness (QED) is 0.477. The Morgan fingerprint density at radius 1 is 0.909 bits per heavy atom. The first-order valence-electron chi connectivity index (χ1n) is 4.39. The average molecular weight is 178 g/mol. The van der Waals surface area contributed by atoms with E-state index in [0.717, 1.165) is 12.8 Å². The summed E-state index contributed by atoms with van der Waals surface area (Å²) in [5.74, 6) is 0.376. The van der Waals surface area contributed by atoms with Crippen LogP contribution in [-0.4, -0.2) is 14.2 Å². The average Bonchev–Trinajstić information content (AvgIpc) is 1.96. The molecule has 0 unspecified atom stereocenters. The molecule has 0 N–H and O–H groups in total. The predicted octanol–water partition coefficient (Wildman–Crippen LogP) is 1.96.